The highest BCUT2D eigenvalue weighted by Gasteiger charge is 2.39. The van der Waals surface area contributed by atoms with Gasteiger partial charge in [-0.2, -0.15) is 0 Å². The zero-order valence-electron chi connectivity index (χ0n) is 12.8. The van der Waals surface area contributed by atoms with Gasteiger partial charge in [0.25, 0.3) is 0 Å². The highest BCUT2D eigenvalue weighted by molar-refractivity contribution is 7.66. The van der Waals surface area contributed by atoms with E-state index in [0.717, 1.165) is 0 Å². The first-order valence-corrected chi connectivity index (χ1v) is 9.05. The standard InChI is InChI=1S/C13H30NP2/c1-11(2,3)15(10)14-16(12(4,5)6)13(7,8)9/h1-10H3/q+1. The third kappa shape index (κ3) is 5.24. The Labute approximate surface area is 105 Å². The molecule has 0 fully saturated rings. The Morgan fingerprint density at radius 1 is 0.750 bits per heavy atom. The van der Waals surface area contributed by atoms with Crippen LogP contribution in [-0.2, 0) is 0 Å². The first-order chi connectivity index (χ1) is 6.76. The molecule has 16 heavy (non-hydrogen) atoms. The average molecular weight is 262 g/mol. The predicted octanol–water partition coefficient (Wildman–Crippen LogP) is 6.07. The smallest absolute Gasteiger partial charge is 0.0883 e. The fraction of sp³-hybridized carbons (Fsp3) is 1.00. The first-order valence-electron chi connectivity index (χ1n) is 6.02. The van der Waals surface area contributed by atoms with Crippen molar-refractivity contribution in [2.75, 3.05) is 6.66 Å². The van der Waals surface area contributed by atoms with Gasteiger partial charge >= 0.3 is 0 Å². The Bertz CT molecular complexity index is 247. The van der Waals surface area contributed by atoms with Crippen molar-refractivity contribution in [2.45, 2.75) is 77.8 Å². The molecule has 0 aromatic carbocycles. The van der Waals surface area contributed by atoms with Crippen LogP contribution in [0.1, 0.15) is 62.3 Å². The van der Waals surface area contributed by atoms with Gasteiger partial charge in [0.1, 0.15) is 11.8 Å². The molecule has 0 heterocycles. The van der Waals surface area contributed by atoms with Crippen LogP contribution in [0.2, 0.25) is 0 Å². The average Bonchev–Trinajstić information content (AvgIpc) is 1.92. The summed E-state index contributed by atoms with van der Waals surface area (Å²) < 4.78 is 5.22. The molecule has 96 valence electrons. The maximum atomic E-state index is 5.22. The lowest BCUT2D eigenvalue weighted by Crippen LogP contribution is -2.23. The van der Waals surface area contributed by atoms with Gasteiger partial charge in [-0.05, 0) is 20.8 Å². The van der Waals surface area contributed by atoms with Crippen LogP contribution in [0.25, 0.3) is 0 Å². The van der Waals surface area contributed by atoms with Gasteiger partial charge < -0.3 is 0 Å². The third-order valence-corrected chi connectivity index (χ3v) is 8.74. The molecular weight excluding hydrogens is 232 g/mol. The Morgan fingerprint density at radius 2 is 1.06 bits per heavy atom. The number of hydrogen-bond acceptors (Lipinski definition) is 1. The number of rotatable bonds is 1. The maximum Gasteiger partial charge on any atom is 0.206 e. The molecule has 1 unspecified atom stereocenters. The molecule has 0 saturated carbocycles. The van der Waals surface area contributed by atoms with Gasteiger partial charge in [0.2, 0.25) is 7.71 Å². The van der Waals surface area contributed by atoms with E-state index < -0.39 is 0 Å². The van der Waals surface area contributed by atoms with E-state index in [9.17, 15) is 0 Å². The van der Waals surface area contributed by atoms with E-state index in [-0.39, 0.29) is 15.8 Å². The molecule has 0 aliphatic carbocycles. The number of hydrogen-bond donors (Lipinski definition) is 0. The van der Waals surface area contributed by atoms with Gasteiger partial charge in [0.05, 0.1) is 8.07 Å². The quantitative estimate of drug-likeness (QED) is 0.508. The molecule has 0 N–H and O–H groups in total. The highest BCUT2D eigenvalue weighted by atomic mass is 31.2. The fourth-order valence-corrected chi connectivity index (χ4v) is 7.85. The lowest BCUT2D eigenvalue weighted by atomic mass is 10.2. The Morgan fingerprint density at radius 3 is 1.25 bits per heavy atom. The molecule has 0 radical (unpaired) electrons. The lowest BCUT2D eigenvalue weighted by molar-refractivity contribution is 0.706. The number of nitrogens with zero attached hydrogens (tertiary/aromatic N) is 1. The molecule has 0 aromatic heterocycles. The zero-order chi connectivity index (χ0) is 13.4. The molecule has 0 aliphatic rings. The van der Waals surface area contributed by atoms with E-state index in [1.165, 1.54) is 0 Å². The predicted molar refractivity (Wildman–Crippen MR) is 81.5 cm³/mol. The second-order valence-corrected chi connectivity index (χ2v) is 13.8. The van der Waals surface area contributed by atoms with E-state index >= 15 is 0 Å². The second-order valence-electron chi connectivity index (χ2n) is 7.44. The molecule has 3 heteroatoms. The molecule has 1 atom stereocenters. The van der Waals surface area contributed by atoms with Crippen LogP contribution in [-0.4, -0.2) is 22.1 Å². The minimum absolute atomic E-state index is 0.236. The van der Waals surface area contributed by atoms with Gasteiger partial charge in [0, 0.05) is 10.3 Å². The molecule has 0 rings (SSSR count). The lowest BCUT2D eigenvalue weighted by Gasteiger charge is -2.35. The Hall–Kier alpha value is 0.530. The van der Waals surface area contributed by atoms with Crippen molar-refractivity contribution in [3.8, 4) is 0 Å². The first kappa shape index (κ1) is 16.5. The molecular formula is C13H30NP2+. The van der Waals surface area contributed by atoms with E-state index in [2.05, 4.69) is 69.0 Å². The van der Waals surface area contributed by atoms with E-state index in [1.54, 1.807) is 0 Å². The highest BCUT2D eigenvalue weighted by Crippen LogP contribution is 2.64. The molecule has 1 nitrogen and oxygen atoms in total. The van der Waals surface area contributed by atoms with Gasteiger partial charge in [-0.25, -0.2) is 0 Å². The molecule has 0 aliphatic heterocycles. The van der Waals surface area contributed by atoms with Crippen LogP contribution in [0, 0.1) is 0 Å². The van der Waals surface area contributed by atoms with Crippen LogP contribution >= 0.6 is 15.8 Å². The van der Waals surface area contributed by atoms with Gasteiger partial charge in [-0.1, -0.05) is 46.1 Å². The summed E-state index contributed by atoms with van der Waals surface area (Å²) in [6, 6.07) is 0. The molecule has 0 saturated heterocycles. The van der Waals surface area contributed by atoms with Crippen LogP contribution in [0.3, 0.4) is 0 Å². The maximum absolute atomic E-state index is 5.22. The summed E-state index contributed by atoms with van der Waals surface area (Å²) in [6.07, 6.45) is 0. The Balaban J connectivity index is 5.28. The molecule has 0 aromatic rings. The van der Waals surface area contributed by atoms with Crippen molar-refractivity contribution in [2.24, 2.45) is 4.52 Å². The van der Waals surface area contributed by atoms with E-state index in [0.29, 0.717) is 15.5 Å². The summed E-state index contributed by atoms with van der Waals surface area (Å²) in [6.45, 7) is 23.2. The van der Waals surface area contributed by atoms with Crippen LogP contribution in [0.15, 0.2) is 4.52 Å². The monoisotopic (exact) mass is 262 g/mol. The van der Waals surface area contributed by atoms with Gasteiger partial charge in [0.15, 0.2) is 0 Å². The largest absolute Gasteiger partial charge is 0.206 e. The van der Waals surface area contributed by atoms with Crippen molar-refractivity contribution in [3.05, 3.63) is 0 Å². The normalized spacial score (nSPS) is 15.8. The SMILES string of the molecule is C[P+](=NP(C(C)(C)C)C(C)(C)C)C(C)(C)C. The zero-order valence-corrected chi connectivity index (χ0v) is 14.6. The van der Waals surface area contributed by atoms with Crippen LogP contribution in [0.5, 0.6) is 0 Å². The van der Waals surface area contributed by atoms with Crippen LogP contribution < -0.4 is 0 Å². The summed E-state index contributed by atoms with van der Waals surface area (Å²) in [5, 5.41) is 0.970. The van der Waals surface area contributed by atoms with Gasteiger partial charge in [-0.15, -0.1) is 0 Å². The summed E-state index contributed by atoms with van der Waals surface area (Å²) in [7, 11) is -0.528. The second kappa shape index (κ2) is 5.03. The summed E-state index contributed by atoms with van der Waals surface area (Å²) in [5.74, 6) is 0. The third-order valence-electron chi connectivity index (χ3n) is 2.47. The fourth-order valence-electron chi connectivity index (χ4n) is 1.54. The minimum atomic E-state index is -0.293. The summed E-state index contributed by atoms with van der Waals surface area (Å²) in [5.41, 5.74) is 0. The van der Waals surface area contributed by atoms with Crippen molar-refractivity contribution in [1.29, 1.82) is 0 Å². The molecule has 0 amide bonds. The molecule has 0 spiro atoms. The van der Waals surface area contributed by atoms with Crippen LogP contribution in [0.4, 0.5) is 0 Å². The van der Waals surface area contributed by atoms with E-state index in [1.807, 2.05) is 0 Å². The topological polar surface area (TPSA) is 12.4 Å². The summed E-state index contributed by atoms with van der Waals surface area (Å²) in [4.78, 5) is 0. The Kier molecular flexibility index (Phi) is 5.20. The van der Waals surface area contributed by atoms with Crippen molar-refractivity contribution in [3.63, 3.8) is 0 Å². The molecule has 0 bridgehead atoms. The summed E-state index contributed by atoms with van der Waals surface area (Å²) >= 11 is 0. The van der Waals surface area contributed by atoms with Crippen molar-refractivity contribution < 1.29 is 0 Å². The van der Waals surface area contributed by atoms with Gasteiger partial charge in [-0.3, -0.25) is 0 Å². The van der Waals surface area contributed by atoms with Crippen molar-refractivity contribution >= 4 is 15.8 Å². The van der Waals surface area contributed by atoms with E-state index in [4.69, 9.17) is 4.52 Å². The minimum Gasteiger partial charge on any atom is -0.0883 e. The van der Waals surface area contributed by atoms with Crippen molar-refractivity contribution in [1.82, 2.24) is 0 Å².